The highest BCUT2D eigenvalue weighted by molar-refractivity contribution is 5.75. The van der Waals surface area contributed by atoms with Crippen molar-refractivity contribution in [1.82, 2.24) is 10.6 Å². The number of nitrogens with one attached hydrogen (secondary N) is 2. The van der Waals surface area contributed by atoms with Gasteiger partial charge in [0.25, 0.3) is 0 Å². The van der Waals surface area contributed by atoms with Crippen molar-refractivity contribution in [2.45, 2.75) is 274 Å². The number of aliphatic hydroxyl groups excluding tert-OH is 7. The highest BCUT2D eigenvalue weighted by Crippen LogP contribution is 2.39. The number of ether oxygens (including phenoxy) is 26. The fourth-order valence-corrected chi connectivity index (χ4v) is 13.9. The van der Waals surface area contributed by atoms with E-state index in [4.69, 9.17) is 128 Å². The van der Waals surface area contributed by atoms with Crippen LogP contribution in [0.1, 0.15) is 138 Å². The van der Waals surface area contributed by atoms with Gasteiger partial charge in [0.05, 0.1) is 149 Å². The Bertz CT molecular complexity index is 3220. The molecule has 7 rings (SSSR count). The first kappa shape index (κ1) is 121. The molecule has 45 heteroatoms. The van der Waals surface area contributed by atoms with Crippen molar-refractivity contribution in [2.24, 2.45) is 52.3 Å². The Morgan fingerprint density at radius 1 is 0.328 bits per heavy atom. The standard InChI is InChI=1S/C18H33NO7.C17H30O8.C14H27NO8.C14H22O7.C12H19NO4.C11H22O8/c1-6-22-7-8-23-9-10-24-18-17(19-14(4)20)13(3)12(2)16(26-18)11-25-15(5)21;1-11-12(2)16(24-14(4)19)17(22-9-8-21-7-6-20-5)25-15(11)10-23-13(3)18;1-3-20-4-5-21-6-7-22-14-11(15-9(2)17)13(19)12(18)10(8-16)23-14;1-7-8(2)13(19-10(4)16)14(20-11(5)17)21-12(7)6-18-9(3)15;1-6-7(2)11-12(16-8(3)13-11)17-10(6)5-15-9(4)14;1-16-2-3-17-4-5-18-11-10(15)9(14)8(13)7(6-12)19-11/h12-13,16-18H,6-11H2,1-5H3,(H,19,20);11-12,15-17H,6-10H2,1-5H3;10-14,16,18-19H,3-8H2,1-2H3,(H,15,17);7-8,12-14H,6H2,1-5H3;6-7,10-12H,5H2,1-4H3;7-15H,2-6H2,1H3/t12-,13+,16?,17?,18-;11-,12-,15?,16?,17-;10?,11?,12-,13+,14+;7-,8-,12?,13?,14?;6-,7+,10?,11?,12+;7?,8-,9+,10?,11+/m100011/s1. The van der Waals surface area contributed by atoms with Crippen LogP contribution in [-0.4, -0.2) is 403 Å². The molecule has 0 aromatic carbocycles. The van der Waals surface area contributed by atoms with E-state index < -0.39 is 142 Å². The van der Waals surface area contributed by atoms with Gasteiger partial charge in [-0.3, -0.25) is 43.2 Å². The van der Waals surface area contributed by atoms with Crippen molar-refractivity contribution in [3.63, 3.8) is 0 Å². The molecule has 0 radical (unpaired) electrons. The minimum atomic E-state index is -1.43. The molecule has 6 fully saturated rings. The fraction of sp³-hybridized carbons (Fsp3) is 0.884. The van der Waals surface area contributed by atoms with Gasteiger partial charge in [-0.1, -0.05) is 55.4 Å². The predicted molar refractivity (Wildman–Crippen MR) is 456 cm³/mol. The smallest absolute Gasteiger partial charge is 0.305 e. The summed E-state index contributed by atoms with van der Waals surface area (Å²) in [5.41, 5.74) is 0. The van der Waals surface area contributed by atoms with Gasteiger partial charge in [-0.2, -0.15) is 0 Å². The average molecular weight is 1900 g/mol. The van der Waals surface area contributed by atoms with Crippen LogP contribution in [0.15, 0.2) is 4.99 Å². The molecule has 0 aliphatic carbocycles. The molecule has 7 aliphatic heterocycles. The number of carbonyl (C=O) groups is 9. The second kappa shape index (κ2) is 67.0. The lowest BCUT2D eigenvalue weighted by Gasteiger charge is -2.44. The third-order valence-electron chi connectivity index (χ3n) is 22.0. The van der Waals surface area contributed by atoms with Gasteiger partial charge in [-0.25, -0.2) is 4.99 Å². The topological polar surface area (TPSA) is 572 Å². The molecule has 13 unspecified atom stereocenters. The first-order valence-corrected chi connectivity index (χ1v) is 44.3. The number of methoxy groups -OCH3 is 2. The van der Waals surface area contributed by atoms with E-state index in [1.54, 1.807) is 14.2 Å². The van der Waals surface area contributed by atoms with E-state index in [-0.39, 0.29) is 161 Å². The van der Waals surface area contributed by atoms with Crippen molar-refractivity contribution in [3.8, 4) is 0 Å². The monoisotopic (exact) mass is 1900 g/mol. The van der Waals surface area contributed by atoms with E-state index >= 15 is 0 Å². The van der Waals surface area contributed by atoms with Crippen LogP contribution in [0.5, 0.6) is 0 Å². The predicted octanol–water partition coefficient (Wildman–Crippen LogP) is 0.150. The van der Waals surface area contributed by atoms with Gasteiger partial charge in [0, 0.05) is 109 Å². The lowest BCUT2D eigenvalue weighted by molar-refractivity contribution is -0.302. The SMILES string of the molecule is CC(=O)OCC1OC(OC(C)=O)C(OC(C)=O)[C@@H](C)[C@@H]1C.CC(=O)OCC1O[C@@H]2OC(C)=NC2[C@@H](C)[C@H]1C.CCOCCOCCO[C@@H]1OC(CO)[C@H](O)[C@H](O)C1NC(C)=O.CCOCCOCCO[C@@H]1OC(COC(C)=O)[C@H](C)[C@H](C)C1NC(C)=O.COCCOCCO[C@H]1OC(CO)[C@@H](O)[C@H](O)C1O.COCCOCCO[C@H]1OC(COC(C)=O)[C@@H](C)[C@H](C)C1OC(C)=O. The Morgan fingerprint density at radius 3 is 1.03 bits per heavy atom. The second-order valence-corrected chi connectivity index (χ2v) is 31.9. The summed E-state index contributed by atoms with van der Waals surface area (Å²) in [6, 6.07) is -1.15. The molecule has 0 aromatic rings. The molecule has 2 amide bonds. The lowest BCUT2D eigenvalue weighted by Crippen LogP contribution is -2.64. The third kappa shape index (κ3) is 45.9. The first-order chi connectivity index (χ1) is 62.0. The molecule has 45 nitrogen and oxygen atoms in total. The zero-order valence-corrected chi connectivity index (χ0v) is 80.2. The summed E-state index contributed by atoms with van der Waals surface area (Å²) in [7, 11) is 3.17. The van der Waals surface area contributed by atoms with E-state index in [1.807, 2.05) is 62.3 Å². The minimum Gasteiger partial charge on any atom is -0.463 e. The largest absolute Gasteiger partial charge is 0.463 e. The molecular formula is C86H153N3O42. The zero-order chi connectivity index (χ0) is 98.6. The summed E-state index contributed by atoms with van der Waals surface area (Å²) in [6.07, 6.45) is -15.9. The number of hydrogen-bond donors (Lipinski definition) is 9. The number of amides is 2. The number of fused-ring (bicyclic) bond motifs is 1. The lowest BCUT2D eigenvalue weighted by atomic mass is 9.82. The maximum atomic E-state index is 11.6. The van der Waals surface area contributed by atoms with Gasteiger partial charge in [-0.05, 0) is 49.4 Å². The number of rotatable bonds is 45. The number of esters is 7. The van der Waals surface area contributed by atoms with Crippen LogP contribution < -0.4 is 10.6 Å². The summed E-state index contributed by atoms with van der Waals surface area (Å²) >= 11 is 0. The third-order valence-corrected chi connectivity index (χ3v) is 22.0. The van der Waals surface area contributed by atoms with Crippen LogP contribution in [0.25, 0.3) is 0 Å². The zero-order valence-electron chi connectivity index (χ0n) is 80.2. The van der Waals surface area contributed by atoms with E-state index in [0.29, 0.717) is 97.7 Å². The molecular weight excluding hydrogens is 1750 g/mol. The molecule has 0 aromatic heterocycles. The molecule has 0 spiro atoms. The number of aliphatic hydroxyl groups is 7. The second-order valence-electron chi connectivity index (χ2n) is 31.9. The minimum absolute atomic E-state index is 0.0161. The highest BCUT2D eigenvalue weighted by atomic mass is 16.8. The molecule has 764 valence electrons. The molecule has 7 heterocycles. The molecule has 6 saturated heterocycles. The van der Waals surface area contributed by atoms with Gasteiger partial charge in [0.1, 0.15) is 81.2 Å². The van der Waals surface area contributed by atoms with Crippen LogP contribution >= 0.6 is 0 Å². The molecule has 0 bridgehead atoms. The van der Waals surface area contributed by atoms with Crippen molar-refractivity contribution < 1.29 is 202 Å². The summed E-state index contributed by atoms with van der Waals surface area (Å²) in [4.78, 5) is 105. The molecule has 9 N–H and O–H groups in total. The van der Waals surface area contributed by atoms with E-state index in [9.17, 15) is 73.8 Å². The molecule has 131 heavy (non-hydrogen) atoms. The molecule has 7 aliphatic rings. The van der Waals surface area contributed by atoms with Crippen molar-refractivity contribution in [1.29, 1.82) is 0 Å². The Hall–Kier alpha value is -6.30. The van der Waals surface area contributed by atoms with Crippen LogP contribution in [-0.2, 0) is 166 Å². The van der Waals surface area contributed by atoms with Crippen molar-refractivity contribution in [3.05, 3.63) is 0 Å². The van der Waals surface area contributed by atoms with Crippen LogP contribution in [0, 0.1) is 47.3 Å². The average Bonchev–Trinajstić information content (AvgIpc) is 1.80. The van der Waals surface area contributed by atoms with Crippen molar-refractivity contribution in [2.75, 3.05) is 173 Å². The maximum absolute atomic E-state index is 11.6. The van der Waals surface area contributed by atoms with Gasteiger partial charge in [0.15, 0.2) is 43.3 Å². The Balaban J connectivity index is 0.000000535. The summed E-state index contributed by atoms with van der Waals surface area (Å²) < 4.78 is 139. The van der Waals surface area contributed by atoms with Gasteiger partial charge >= 0.3 is 41.8 Å². The van der Waals surface area contributed by atoms with E-state index in [2.05, 4.69) is 29.5 Å². The number of aliphatic imine (C=N–C) groups is 1. The number of nitrogens with zero attached hydrogens (tertiary/aromatic N) is 1. The van der Waals surface area contributed by atoms with Crippen LogP contribution in [0.3, 0.4) is 0 Å². The van der Waals surface area contributed by atoms with Crippen LogP contribution in [0.2, 0.25) is 0 Å². The van der Waals surface area contributed by atoms with Gasteiger partial charge < -0.3 is 170 Å². The first-order valence-electron chi connectivity index (χ1n) is 44.3. The number of carbonyl (C=O) groups excluding carboxylic acids is 9. The van der Waals surface area contributed by atoms with Gasteiger partial charge in [-0.15, -0.1) is 0 Å². The van der Waals surface area contributed by atoms with E-state index in [1.165, 1.54) is 62.3 Å². The van der Waals surface area contributed by atoms with Crippen molar-refractivity contribution >= 4 is 59.5 Å². The Labute approximate surface area is 768 Å². The fourth-order valence-electron chi connectivity index (χ4n) is 13.9. The Morgan fingerprint density at radius 2 is 0.641 bits per heavy atom. The number of hydrogen-bond acceptors (Lipinski definition) is 43. The van der Waals surface area contributed by atoms with Gasteiger partial charge in [0.2, 0.25) is 24.4 Å². The summed E-state index contributed by atoms with van der Waals surface area (Å²) in [5.74, 6) is -2.00. The normalized spacial score (nSPS) is 32.2. The Kier molecular flexibility index (Phi) is 61.8. The quantitative estimate of drug-likeness (QED) is 0.0223. The maximum Gasteiger partial charge on any atom is 0.305 e. The summed E-state index contributed by atoms with van der Waals surface area (Å²) in [6.45, 7) is 40.8. The summed E-state index contributed by atoms with van der Waals surface area (Å²) in [5, 5.41) is 72.2. The van der Waals surface area contributed by atoms with E-state index in [0.717, 1.165) is 0 Å². The molecule has 0 saturated carbocycles. The van der Waals surface area contributed by atoms with Crippen LogP contribution in [0.4, 0.5) is 0 Å². The molecule has 30 atom stereocenters. The highest BCUT2D eigenvalue weighted by Gasteiger charge is 2.51.